The molecule has 28 heavy (non-hydrogen) atoms. The van der Waals surface area contributed by atoms with E-state index in [1.165, 1.54) is 23.9 Å². The zero-order chi connectivity index (χ0) is 20.3. The Morgan fingerprint density at radius 1 is 1.32 bits per heavy atom. The van der Waals surface area contributed by atoms with Crippen LogP contribution < -0.4 is 0 Å². The molecule has 1 aromatic carbocycles. The number of carbonyl (C=O) groups is 2. The number of esters is 1. The molecule has 0 fully saturated rings. The van der Waals surface area contributed by atoms with Crippen LogP contribution in [0.15, 0.2) is 41.8 Å². The Morgan fingerprint density at radius 3 is 2.82 bits per heavy atom. The number of Topliss-reactive ketones (excluding diaryl/α,β-unsaturated/α-hetero) is 1. The molecule has 3 rings (SSSR count). The Bertz CT molecular complexity index is 1030. The van der Waals surface area contributed by atoms with Crippen LogP contribution in [0.5, 0.6) is 0 Å². The van der Waals surface area contributed by atoms with Crippen LogP contribution in [0, 0.1) is 19.7 Å². The van der Waals surface area contributed by atoms with Gasteiger partial charge in [0.2, 0.25) is 0 Å². The van der Waals surface area contributed by atoms with Crippen molar-refractivity contribution in [2.75, 3.05) is 12.4 Å². The third-order valence-electron chi connectivity index (χ3n) is 4.22. The van der Waals surface area contributed by atoms with Gasteiger partial charge in [-0.15, -0.1) is 0 Å². The predicted octanol–water partition coefficient (Wildman–Crippen LogP) is 4.11. The van der Waals surface area contributed by atoms with Crippen molar-refractivity contribution in [1.29, 1.82) is 0 Å². The van der Waals surface area contributed by atoms with Crippen molar-refractivity contribution in [3.63, 3.8) is 0 Å². The second kappa shape index (κ2) is 8.43. The maximum atomic E-state index is 13.5. The van der Waals surface area contributed by atoms with Crippen LogP contribution in [-0.2, 0) is 4.74 Å². The second-order valence-corrected chi connectivity index (χ2v) is 7.06. The maximum Gasteiger partial charge on any atom is 0.340 e. The van der Waals surface area contributed by atoms with E-state index in [2.05, 4.69) is 9.97 Å². The molecule has 3 aromatic rings. The zero-order valence-corrected chi connectivity index (χ0v) is 16.6. The molecule has 0 aliphatic heterocycles. The summed E-state index contributed by atoms with van der Waals surface area (Å²) in [5.41, 5.74) is 2.60. The van der Waals surface area contributed by atoms with E-state index < -0.39 is 5.97 Å². The minimum Gasteiger partial charge on any atom is -0.462 e. The Balaban J connectivity index is 1.77. The quantitative estimate of drug-likeness (QED) is 0.366. The fraction of sp³-hybridized carbons (Fsp3) is 0.250. The molecule has 0 spiro atoms. The summed E-state index contributed by atoms with van der Waals surface area (Å²) in [5.74, 6) is -0.825. The van der Waals surface area contributed by atoms with Gasteiger partial charge in [0.1, 0.15) is 5.82 Å². The molecular weight excluding hydrogens is 381 g/mol. The standard InChI is InChI=1S/C20H20FN3O3S/c1-4-27-19(26)17-12(2)18(23-13(17)3)16(25)11-28-20-22-8-9-24(20)15-7-5-6-14(21)10-15/h5-10,23H,4,11H2,1-3H3. The molecule has 0 aliphatic carbocycles. The van der Waals surface area contributed by atoms with Crippen LogP contribution in [0.4, 0.5) is 4.39 Å². The molecule has 6 nitrogen and oxygen atoms in total. The number of benzene rings is 1. The van der Waals surface area contributed by atoms with Crippen molar-refractivity contribution in [2.45, 2.75) is 25.9 Å². The lowest BCUT2D eigenvalue weighted by molar-refractivity contribution is 0.0525. The molecular formula is C20H20FN3O3S. The van der Waals surface area contributed by atoms with Gasteiger partial charge in [0.15, 0.2) is 10.9 Å². The lowest BCUT2D eigenvalue weighted by atomic mass is 10.1. The topological polar surface area (TPSA) is 77.0 Å². The fourth-order valence-corrected chi connectivity index (χ4v) is 3.80. The van der Waals surface area contributed by atoms with E-state index in [0.29, 0.717) is 33.4 Å². The molecule has 0 saturated carbocycles. The number of aryl methyl sites for hydroxylation is 1. The number of aromatic amines is 1. The number of imidazole rings is 1. The van der Waals surface area contributed by atoms with Crippen LogP contribution in [0.25, 0.3) is 5.69 Å². The smallest absolute Gasteiger partial charge is 0.340 e. The average molecular weight is 401 g/mol. The summed E-state index contributed by atoms with van der Waals surface area (Å²) < 4.78 is 20.3. The third kappa shape index (κ3) is 4.01. The molecule has 0 aliphatic rings. The van der Waals surface area contributed by atoms with Gasteiger partial charge >= 0.3 is 5.97 Å². The molecule has 0 unspecified atom stereocenters. The van der Waals surface area contributed by atoms with E-state index in [-0.39, 0.29) is 24.0 Å². The normalized spacial score (nSPS) is 10.9. The number of hydrogen-bond acceptors (Lipinski definition) is 5. The predicted molar refractivity (Wildman–Crippen MR) is 105 cm³/mol. The number of thioether (sulfide) groups is 1. The number of carbonyl (C=O) groups excluding carboxylic acids is 2. The molecule has 2 aromatic heterocycles. The molecule has 2 heterocycles. The van der Waals surface area contributed by atoms with E-state index >= 15 is 0 Å². The van der Waals surface area contributed by atoms with Gasteiger partial charge in [0.25, 0.3) is 0 Å². The highest BCUT2D eigenvalue weighted by molar-refractivity contribution is 7.99. The van der Waals surface area contributed by atoms with Crippen LogP contribution in [0.1, 0.15) is 39.0 Å². The van der Waals surface area contributed by atoms with Crippen LogP contribution in [-0.4, -0.2) is 38.6 Å². The monoisotopic (exact) mass is 401 g/mol. The first-order chi connectivity index (χ1) is 13.4. The number of halogens is 1. The Kier molecular flexibility index (Phi) is 5.99. The summed E-state index contributed by atoms with van der Waals surface area (Å²) in [6.45, 7) is 5.46. The van der Waals surface area contributed by atoms with Crippen LogP contribution in [0.2, 0.25) is 0 Å². The molecule has 0 saturated heterocycles. The molecule has 0 bridgehead atoms. The van der Waals surface area contributed by atoms with Gasteiger partial charge in [-0.1, -0.05) is 17.8 Å². The Hall–Kier alpha value is -2.87. The summed E-state index contributed by atoms with van der Waals surface area (Å²) in [6.07, 6.45) is 3.31. The Morgan fingerprint density at radius 2 is 2.11 bits per heavy atom. The van der Waals surface area contributed by atoms with Gasteiger partial charge in [-0.05, 0) is 44.5 Å². The van der Waals surface area contributed by atoms with Gasteiger partial charge in [0.05, 0.1) is 29.3 Å². The van der Waals surface area contributed by atoms with Crippen molar-refractivity contribution in [3.8, 4) is 5.69 Å². The van der Waals surface area contributed by atoms with E-state index in [4.69, 9.17) is 4.74 Å². The number of nitrogens with zero attached hydrogens (tertiary/aromatic N) is 2. The highest BCUT2D eigenvalue weighted by Gasteiger charge is 2.23. The second-order valence-electron chi connectivity index (χ2n) is 6.12. The minimum absolute atomic E-state index is 0.120. The molecule has 1 N–H and O–H groups in total. The average Bonchev–Trinajstić information content (AvgIpc) is 3.24. The molecule has 0 radical (unpaired) electrons. The Labute approximate surface area is 166 Å². The van der Waals surface area contributed by atoms with Crippen molar-refractivity contribution < 1.29 is 18.7 Å². The van der Waals surface area contributed by atoms with Crippen molar-refractivity contribution in [2.24, 2.45) is 0 Å². The first-order valence-corrected chi connectivity index (χ1v) is 9.72. The van der Waals surface area contributed by atoms with E-state index in [1.54, 1.807) is 49.9 Å². The highest BCUT2D eigenvalue weighted by atomic mass is 32.2. The molecule has 146 valence electrons. The van der Waals surface area contributed by atoms with Gasteiger partial charge in [-0.2, -0.15) is 0 Å². The first kappa shape index (κ1) is 19.9. The van der Waals surface area contributed by atoms with Gasteiger partial charge < -0.3 is 9.72 Å². The van der Waals surface area contributed by atoms with Crippen molar-refractivity contribution >= 4 is 23.5 Å². The first-order valence-electron chi connectivity index (χ1n) is 8.74. The maximum absolute atomic E-state index is 13.5. The van der Waals surface area contributed by atoms with Gasteiger partial charge in [-0.3, -0.25) is 9.36 Å². The minimum atomic E-state index is -0.442. The van der Waals surface area contributed by atoms with E-state index in [9.17, 15) is 14.0 Å². The number of aromatic nitrogens is 3. The van der Waals surface area contributed by atoms with Gasteiger partial charge in [0, 0.05) is 18.1 Å². The lowest BCUT2D eigenvalue weighted by Crippen LogP contribution is -2.09. The lowest BCUT2D eigenvalue weighted by Gasteiger charge is -2.07. The summed E-state index contributed by atoms with van der Waals surface area (Å²) in [7, 11) is 0. The van der Waals surface area contributed by atoms with E-state index in [0.717, 1.165) is 0 Å². The number of ketones is 1. The molecule has 8 heteroatoms. The number of H-pyrrole nitrogens is 1. The number of hydrogen-bond donors (Lipinski definition) is 1. The summed E-state index contributed by atoms with van der Waals surface area (Å²) in [6, 6.07) is 6.15. The molecule has 0 amide bonds. The highest BCUT2D eigenvalue weighted by Crippen LogP contribution is 2.24. The fourth-order valence-electron chi connectivity index (χ4n) is 2.96. The third-order valence-corrected chi connectivity index (χ3v) is 5.19. The van der Waals surface area contributed by atoms with E-state index in [1.807, 2.05) is 0 Å². The number of nitrogens with one attached hydrogen (secondary N) is 1. The summed E-state index contributed by atoms with van der Waals surface area (Å²) >= 11 is 1.24. The SMILES string of the molecule is CCOC(=O)c1c(C)[nH]c(C(=O)CSc2nccn2-c2cccc(F)c2)c1C. The van der Waals surface area contributed by atoms with Crippen molar-refractivity contribution in [1.82, 2.24) is 14.5 Å². The largest absolute Gasteiger partial charge is 0.462 e. The van der Waals surface area contributed by atoms with Crippen LogP contribution in [0.3, 0.4) is 0 Å². The zero-order valence-electron chi connectivity index (χ0n) is 15.8. The number of ether oxygens (including phenoxy) is 1. The van der Waals surface area contributed by atoms with Crippen molar-refractivity contribution in [3.05, 3.63) is 65.0 Å². The summed E-state index contributed by atoms with van der Waals surface area (Å²) in [4.78, 5) is 32.0. The number of rotatable bonds is 7. The van der Waals surface area contributed by atoms with Crippen LogP contribution >= 0.6 is 11.8 Å². The van der Waals surface area contributed by atoms with Gasteiger partial charge in [-0.25, -0.2) is 14.2 Å². The molecule has 0 atom stereocenters. The summed E-state index contributed by atoms with van der Waals surface area (Å²) in [5, 5.41) is 0.575.